The molecule has 6 heteroatoms. The number of aryl methyl sites for hydroxylation is 1. The number of β-amino-alcohol motifs (C(OH)–C–C–N with tert-alkyl or cyclic N) is 1. The van der Waals surface area contributed by atoms with Gasteiger partial charge in [0, 0.05) is 51.9 Å². The lowest BCUT2D eigenvalue weighted by molar-refractivity contribution is -0.134. The molecule has 1 aliphatic heterocycles. The predicted octanol–water partition coefficient (Wildman–Crippen LogP) is 0.439. The Morgan fingerprint density at radius 3 is 2.73 bits per heavy atom. The van der Waals surface area contributed by atoms with Crippen LogP contribution in [0.25, 0.3) is 0 Å². The fourth-order valence-electron chi connectivity index (χ4n) is 3.28. The zero-order valence-electron chi connectivity index (χ0n) is 13.5. The van der Waals surface area contributed by atoms with Crippen LogP contribution in [0.5, 0.6) is 0 Å². The molecule has 3 atom stereocenters. The van der Waals surface area contributed by atoms with Gasteiger partial charge >= 0.3 is 0 Å². The quantitative estimate of drug-likeness (QED) is 0.857. The smallest absolute Gasteiger partial charge is 0.226 e. The number of hydrogen-bond donors (Lipinski definition) is 1. The van der Waals surface area contributed by atoms with Gasteiger partial charge in [-0.3, -0.25) is 14.4 Å². The second-order valence-electron chi connectivity index (χ2n) is 6.58. The molecular formula is C16H26N4O2. The van der Waals surface area contributed by atoms with Gasteiger partial charge in [-0.05, 0) is 24.3 Å². The summed E-state index contributed by atoms with van der Waals surface area (Å²) in [7, 11) is 1.91. The van der Waals surface area contributed by atoms with Crippen LogP contribution in [-0.2, 0) is 11.8 Å². The first-order valence-electron chi connectivity index (χ1n) is 8.26. The number of aliphatic hydroxyl groups excluding tert-OH is 1. The first-order valence-corrected chi connectivity index (χ1v) is 8.26. The van der Waals surface area contributed by atoms with E-state index in [-0.39, 0.29) is 12.0 Å². The van der Waals surface area contributed by atoms with Gasteiger partial charge in [0.2, 0.25) is 5.91 Å². The van der Waals surface area contributed by atoms with Gasteiger partial charge in [0.25, 0.3) is 0 Å². The number of amides is 1. The van der Waals surface area contributed by atoms with E-state index < -0.39 is 0 Å². The Morgan fingerprint density at radius 1 is 1.41 bits per heavy atom. The average Bonchev–Trinajstić information content (AvgIpc) is 3.21. The van der Waals surface area contributed by atoms with Gasteiger partial charge in [-0.2, -0.15) is 5.10 Å². The van der Waals surface area contributed by atoms with Crippen molar-refractivity contribution in [1.82, 2.24) is 19.6 Å². The topological polar surface area (TPSA) is 61.6 Å². The normalized spacial score (nSPS) is 27.0. The van der Waals surface area contributed by atoms with Crippen LogP contribution in [-0.4, -0.2) is 69.4 Å². The molecule has 0 radical (unpaired) electrons. The second kappa shape index (κ2) is 6.38. The molecule has 3 unspecified atom stereocenters. The third kappa shape index (κ3) is 3.33. The highest BCUT2D eigenvalue weighted by Crippen LogP contribution is 2.48. The van der Waals surface area contributed by atoms with Crippen molar-refractivity contribution in [3.8, 4) is 0 Å². The number of aliphatic hydroxyl groups is 1. The van der Waals surface area contributed by atoms with Gasteiger partial charge in [-0.15, -0.1) is 0 Å². The molecule has 122 valence electrons. The van der Waals surface area contributed by atoms with E-state index in [0.29, 0.717) is 11.8 Å². The van der Waals surface area contributed by atoms with Crippen molar-refractivity contribution >= 4 is 5.91 Å². The molecule has 0 aromatic carbocycles. The van der Waals surface area contributed by atoms with Crippen LogP contribution in [0.3, 0.4) is 0 Å². The van der Waals surface area contributed by atoms with Crippen LogP contribution in [0, 0.1) is 5.92 Å². The van der Waals surface area contributed by atoms with Crippen molar-refractivity contribution in [1.29, 1.82) is 0 Å². The lowest BCUT2D eigenvalue weighted by atomic mass is 10.1. The molecule has 3 rings (SSSR count). The van der Waals surface area contributed by atoms with Gasteiger partial charge in [-0.25, -0.2) is 0 Å². The van der Waals surface area contributed by atoms with E-state index in [1.165, 1.54) is 5.56 Å². The highest BCUT2D eigenvalue weighted by Gasteiger charge is 2.46. The molecule has 2 fully saturated rings. The first-order chi connectivity index (χ1) is 10.6. The van der Waals surface area contributed by atoms with Crippen LogP contribution in [0.1, 0.15) is 31.2 Å². The van der Waals surface area contributed by atoms with E-state index in [0.717, 1.165) is 45.6 Å². The molecule has 0 spiro atoms. The molecule has 2 heterocycles. The number of piperazine rings is 1. The summed E-state index contributed by atoms with van der Waals surface area (Å²) in [6.45, 7) is 6.02. The van der Waals surface area contributed by atoms with Gasteiger partial charge in [0.15, 0.2) is 0 Å². The Hall–Kier alpha value is -1.40. The maximum atomic E-state index is 12.6. The second-order valence-corrected chi connectivity index (χ2v) is 6.58. The summed E-state index contributed by atoms with van der Waals surface area (Å²) < 4.78 is 1.80. The van der Waals surface area contributed by atoms with Crippen LogP contribution < -0.4 is 0 Å². The van der Waals surface area contributed by atoms with Crippen molar-refractivity contribution in [2.75, 3.05) is 32.7 Å². The van der Waals surface area contributed by atoms with Crippen molar-refractivity contribution in [3.63, 3.8) is 0 Å². The number of carbonyl (C=O) groups is 1. The summed E-state index contributed by atoms with van der Waals surface area (Å²) in [4.78, 5) is 16.8. The van der Waals surface area contributed by atoms with Crippen molar-refractivity contribution in [2.45, 2.75) is 31.8 Å². The SMILES string of the molecule is CCC(O)CN1CCN(C(=O)C2CC2c2cnn(C)c2)CC1. The number of aromatic nitrogens is 2. The van der Waals surface area contributed by atoms with Gasteiger partial charge < -0.3 is 10.0 Å². The Labute approximate surface area is 131 Å². The first kappa shape index (κ1) is 15.5. The van der Waals surface area contributed by atoms with E-state index in [9.17, 15) is 9.90 Å². The third-order valence-electron chi connectivity index (χ3n) is 4.88. The molecule has 1 amide bonds. The monoisotopic (exact) mass is 306 g/mol. The minimum atomic E-state index is -0.249. The maximum Gasteiger partial charge on any atom is 0.226 e. The largest absolute Gasteiger partial charge is 0.392 e. The van der Waals surface area contributed by atoms with Crippen molar-refractivity contribution < 1.29 is 9.90 Å². The highest BCUT2D eigenvalue weighted by atomic mass is 16.3. The van der Waals surface area contributed by atoms with E-state index in [1.54, 1.807) is 4.68 Å². The lowest BCUT2D eigenvalue weighted by Crippen LogP contribution is -2.50. The number of hydrogen-bond acceptors (Lipinski definition) is 4. The predicted molar refractivity (Wildman–Crippen MR) is 83.4 cm³/mol. The lowest BCUT2D eigenvalue weighted by Gasteiger charge is -2.35. The Morgan fingerprint density at radius 2 is 2.14 bits per heavy atom. The molecule has 22 heavy (non-hydrogen) atoms. The molecule has 1 N–H and O–H groups in total. The van der Waals surface area contributed by atoms with Crippen LogP contribution >= 0.6 is 0 Å². The van der Waals surface area contributed by atoms with Gasteiger partial charge in [0.1, 0.15) is 0 Å². The molecule has 1 saturated carbocycles. The standard InChI is InChI=1S/C16H26N4O2/c1-3-13(21)11-19-4-6-20(7-5-19)16(22)15-8-14(15)12-9-17-18(2)10-12/h9-10,13-15,21H,3-8,11H2,1-2H3. The number of rotatable bonds is 5. The van der Waals surface area contributed by atoms with Crippen LogP contribution in [0.2, 0.25) is 0 Å². The van der Waals surface area contributed by atoms with E-state index >= 15 is 0 Å². The van der Waals surface area contributed by atoms with Gasteiger partial charge in [0.05, 0.1) is 12.3 Å². The third-order valence-corrected chi connectivity index (χ3v) is 4.88. The highest BCUT2D eigenvalue weighted by molar-refractivity contribution is 5.83. The Kier molecular flexibility index (Phi) is 4.49. The fraction of sp³-hybridized carbons (Fsp3) is 0.750. The fourth-order valence-corrected chi connectivity index (χ4v) is 3.28. The summed E-state index contributed by atoms with van der Waals surface area (Å²) in [5, 5.41) is 13.9. The zero-order chi connectivity index (χ0) is 15.7. The minimum Gasteiger partial charge on any atom is -0.392 e. The summed E-state index contributed by atoms with van der Waals surface area (Å²) in [5.41, 5.74) is 1.19. The Balaban J connectivity index is 1.47. The number of nitrogens with zero attached hydrogens (tertiary/aromatic N) is 4. The molecule has 0 bridgehead atoms. The Bertz CT molecular complexity index is 522. The summed E-state index contributed by atoms with van der Waals surface area (Å²) >= 11 is 0. The van der Waals surface area contributed by atoms with Crippen LogP contribution in [0.15, 0.2) is 12.4 Å². The summed E-state index contributed by atoms with van der Waals surface area (Å²) in [6, 6.07) is 0. The summed E-state index contributed by atoms with van der Waals surface area (Å²) in [5.74, 6) is 0.808. The van der Waals surface area contributed by atoms with E-state index in [4.69, 9.17) is 0 Å². The molecular weight excluding hydrogens is 280 g/mol. The van der Waals surface area contributed by atoms with Crippen molar-refractivity contribution in [3.05, 3.63) is 18.0 Å². The minimum absolute atomic E-state index is 0.150. The van der Waals surface area contributed by atoms with Gasteiger partial charge in [-0.1, -0.05) is 6.92 Å². The van der Waals surface area contributed by atoms with Crippen molar-refractivity contribution in [2.24, 2.45) is 13.0 Å². The molecule has 6 nitrogen and oxygen atoms in total. The average molecular weight is 306 g/mol. The number of carbonyl (C=O) groups excluding carboxylic acids is 1. The molecule has 1 aliphatic carbocycles. The molecule has 1 saturated heterocycles. The zero-order valence-corrected chi connectivity index (χ0v) is 13.5. The molecule has 2 aliphatic rings. The summed E-state index contributed by atoms with van der Waals surface area (Å²) in [6.07, 6.45) is 5.39. The van der Waals surface area contributed by atoms with E-state index in [2.05, 4.69) is 10.00 Å². The van der Waals surface area contributed by atoms with E-state index in [1.807, 2.05) is 31.3 Å². The molecule has 1 aromatic heterocycles. The molecule has 1 aromatic rings. The maximum absolute atomic E-state index is 12.6. The van der Waals surface area contributed by atoms with Crippen LogP contribution in [0.4, 0.5) is 0 Å².